The van der Waals surface area contributed by atoms with Gasteiger partial charge >= 0.3 is 5.97 Å². The molecule has 6 heteroatoms. The second-order valence-corrected chi connectivity index (χ2v) is 7.56. The van der Waals surface area contributed by atoms with E-state index in [1.54, 1.807) is 11.6 Å². The van der Waals surface area contributed by atoms with Crippen molar-refractivity contribution in [2.45, 2.75) is 53.6 Å². The first-order valence-corrected chi connectivity index (χ1v) is 8.64. The van der Waals surface area contributed by atoms with Crippen LogP contribution in [0.4, 0.5) is 0 Å². The lowest BCUT2D eigenvalue weighted by atomic mass is 10.1. The largest absolute Gasteiger partial charge is 0.452 e. The lowest BCUT2D eigenvalue weighted by Crippen LogP contribution is -2.42. The molecule has 140 valence electrons. The van der Waals surface area contributed by atoms with Crippen LogP contribution in [-0.4, -0.2) is 33.8 Å². The number of amides is 1. The van der Waals surface area contributed by atoms with Crippen LogP contribution in [0.1, 0.15) is 53.6 Å². The minimum absolute atomic E-state index is 0.307. The second-order valence-electron chi connectivity index (χ2n) is 7.56. The fourth-order valence-electron chi connectivity index (χ4n) is 2.67. The maximum atomic E-state index is 12.4. The molecule has 0 saturated carbocycles. The molecule has 0 fully saturated rings. The van der Waals surface area contributed by atoms with Gasteiger partial charge in [-0.2, -0.15) is 5.10 Å². The highest BCUT2D eigenvalue weighted by Crippen LogP contribution is 2.16. The van der Waals surface area contributed by atoms with E-state index in [9.17, 15) is 9.59 Å². The van der Waals surface area contributed by atoms with E-state index in [1.165, 1.54) is 5.56 Å². The van der Waals surface area contributed by atoms with Gasteiger partial charge in [0.25, 0.3) is 5.91 Å². The molecule has 1 heterocycles. The zero-order valence-corrected chi connectivity index (χ0v) is 16.3. The molecule has 1 amide bonds. The topological polar surface area (TPSA) is 73.2 Å². The normalized spacial score (nSPS) is 11.3. The van der Waals surface area contributed by atoms with Crippen LogP contribution in [0, 0.1) is 20.8 Å². The number of hydrogen-bond acceptors (Lipinski definition) is 4. The number of esters is 1. The van der Waals surface area contributed by atoms with Gasteiger partial charge in [0.1, 0.15) is 5.56 Å². The summed E-state index contributed by atoms with van der Waals surface area (Å²) in [6, 6.07) is 8.18. The Labute approximate surface area is 154 Å². The average molecular weight is 357 g/mol. The van der Waals surface area contributed by atoms with Gasteiger partial charge in [0.15, 0.2) is 6.61 Å². The number of ether oxygens (including phenoxy) is 1. The van der Waals surface area contributed by atoms with Crippen molar-refractivity contribution in [2.75, 3.05) is 6.61 Å². The van der Waals surface area contributed by atoms with Crippen LogP contribution in [0.2, 0.25) is 0 Å². The Hall–Kier alpha value is -2.63. The maximum absolute atomic E-state index is 12.4. The summed E-state index contributed by atoms with van der Waals surface area (Å²) >= 11 is 0. The van der Waals surface area contributed by atoms with E-state index in [1.807, 2.05) is 58.9 Å². The first-order chi connectivity index (χ1) is 12.1. The van der Waals surface area contributed by atoms with Crippen LogP contribution in [0.3, 0.4) is 0 Å². The summed E-state index contributed by atoms with van der Waals surface area (Å²) in [4.78, 5) is 24.2. The molecule has 0 spiro atoms. The molecule has 0 aliphatic rings. The van der Waals surface area contributed by atoms with E-state index in [0.717, 1.165) is 11.3 Å². The van der Waals surface area contributed by atoms with Crippen LogP contribution in [-0.2, 0) is 16.1 Å². The van der Waals surface area contributed by atoms with Crippen molar-refractivity contribution in [1.29, 1.82) is 0 Å². The summed E-state index contributed by atoms with van der Waals surface area (Å²) in [5.41, 5.74) is 3.67. The number of carbonyl (C=O) groups excluding carboxylic acids is 2. The average Bonchev–Trinajstić information content (AvgIpc) is 2.80. The van der Waals surface area contributed by atoms with Crippen LogP contribution >= 0.6 is 0 Å². The molecule has 0 bridgehead atoms. The van der Waals surface area contributed by atoms with Crippen LogP contribution in [0.15, 0.2) is 24.3 Å². The highest BCUT2D eigenvalue weighted by molar-refractivity contribution is 5.93. The van der Waals surface area contributed by atoms with E-state index in [2.05, 4.69) is 10.4 Å². The molecular formula is C20H27N3O3. The minimum Gasteiger partial charge on any atom is -0.452 e. The highest BCUT2D eigenvalue weighted by Gasteiger charge is 2.22. The summed E-state index contributed by atoms with van der Waals surface area (Å²) in [5, 5.41) is 7.21. The monoisotopic (exact) mass is 357 g/mol. The second kappa shape index (κ2) is 7.72. The van der Waals surface area contributed by atoms with E-state index < -0.39 is 5.97 Å². The van der Waals surface area contributed by atoms with Gasteiger partial charge in [-0.05, 0) is 47.1 Å². The molecule has 2 aromatic rings. The van der Waals surface area contributed by atoms with Crippen LogP contribution < -0.4 is 5.32 Å². The number of aromatic nitrogens is 2. The molecule has 0 unspecified atom stereocenters. The first kappa shape index (κ1) is 19.7. The lowest BCUT2D eigenvalue weighted by Gasteiger charge is -2.20. The maximum Gasteiger partial charge on any atom is 0.342 e. The van der Waals surface area contributed by atoms with E-state index in [0.29, 0.717) is 17.8 Å². The van der Waals surface area contributed by atoms with Crippen molar-refractivity contribution in [3.63, 3.8) is 0 Å². The summed E-state index contributed by atoms with van der Waals surface area (Å²) in [6.07, 6.45) is 0. The van der Waals surface area contributed by atoms with Crippen molar-refractivity contribution in [1.82, 2.24) is 15.1 Å². The third-order valence-corrected chi connectivity index (χ3v) is 3.89. The minimum atomic E-state index is -0.529. The molecule has 0 radical (unpaired) electrons. The molecule has 2 rings (SSSR count). The number of rotatable bonds is 5. The van der Waals surface area contributed by atoms with Gasteiger partial charge in [0, 0.05) is 5.54 Å². The van der Waals surface area contributed by atoms with E-state index in [-0.39, 0.29) is 18.1 Å². The zero-order chi connectivity index (χ0) is 19.5. The molecular weight excluding hydrogens is 330 g/mol. The Bertz CT molecular complexity index is 799. The van der Waals surface area contributed by atoms with E-state index >= 15 is 0 Å². The Morgan fingerprint density at radius 2 is 1.73 bits per heavy atom. The summed E-state index contributed by atoms with van der Waals surface area (Å²) in [5.74, 6) is -0.854. The van der Waals surface area contributed by atoms with Gasteiger partial charge in [-0.25, -0.2) is 4.79 Å². The Kier molecular flexibility index (Phi) is 5.85. The molecule has 1 aromatic carbocycles. The highest BCUT2D eigenvalue weighted by atomic mass is 16.5. The number of benzene rings is 1. The zero-order valence-electron chi connectivity index (χ0n) is 16.3. The Morgan fingerprint density at radius 3 is 2.31 bits per heavy atom. The summed E-state index contributed by atoms with van der Waals surface area (Å²) in [7, 11) is 0. The molecule has 0 aliphatic heterocycles. The van der Waals surface area contributed by atoms with Gasteiger partial charge in [-0.15, -0.1) is 0 Å². The predicted molar refractivity (Wildman–Crippen MR) is 100 cm³/mol. The van der Waals surface area contributed by atoms with Gasteiger partial charge in [-0.3, -0.25) is 9.48 Å². The Balaban J connectivity index is 2.07. The van der Waals surface area contributed by atoms with Crippen LogP contribution in [0.25, 0.3) is 0 Å². The van der Waals surface area contributed by atoms with Crippen molar-refractivity contribution >= 4 is 11.9 Å². The van der Waals surface area contributed by atoms with Crippen molar-refractivity contribution < 1.29 is 14.3 Å². The van der Waals surface area contributed by atoms with Gasteiger partial charge in [0.2, 0.25) is 0 Å². The smallest absolute Gasteiger partial charge is 0.342 e. The van der Waals surface area contributed by atoms with Crippen molar-refractivity contribution in [3.05, 3.63) is 52.3 Å². The Morgan fingerprint density at radius 1 is 1.12 bits per heavy atom. The number of aryl methyl sites for hydroxylation is 2. The predicted octanol–water partition coefficient (Wildman–Crippen LogP) is 2.93. The number of nitrogens with one attached hydrogen (secondary N) is 1. The molecule has 0 aliphatic carbocycles. The van der Waals surface area contributed by atoms with Crippen molar-refractivity contribution in [3.8, 4) is 0 Å². The summed E-state index contributed by atoms with van der Waals surface area (Å²) < 4.78 is 6.96. The van der Waals surface area contributed by atoms with Gasteiger partial charge in [-0.1, -0.05) is 29.8 Å². The molecule has 1 N–H and O–H groups in total. The SMILES string of the molecule is Cc1ccc(Cn2nc(C)c(C(=O)OCC(=O)NC(C)(C)C)c2C)cc1. The third kappa shape index (κ3) is 5.18. The lowest BCUT2D eigenvalue weighted by molar-refractivity contribution is -0.125. The molecule has 6 nitrogen and oxygen atoms in total. The van der Waals surface area contributed by atoms with Gasteiger partial charge < -0.3 is 10.1 Å². The summed E-state index contributed by atoms with van der Waals surface area (Å²) in [6.45, 7) is 11.5. The molecule has 26 heavy (non-hydrogen) atoms. The van der Waals surface area contributed by atoms with Gasteiger partial charge in [0.05, 0.1) is 17.9 Å². The fraction of sp³-hybridized carbons (Fsp3) is 0.450. The molecule has 0 atom stereocenters. The van der Waals surface area contributed by atoms with E-state index in [4.69, 9.17) is 4.74 Å². The quantitative estimate of drug-likeness (QED) is 0.835. The fourth-order valence-corrected chi connectivity index (χ4v) is 2.67. The molecule has 1 aromatic heterocycles. The standard InChI is InChI=1S/C20H27N3O3/c1-13-7-9-16(10-8-13)11-23-15(3)18(14(2)22-23)19(25)26-12-17(24)21-20(4,5)6/h7-10H,11-12H2,1-6H3,(H,21,24). The van der Waals surface area contributed by atoms with Crippen LogP contribution in [0.5, 0.6) is 0 Å². The first-order valence-electron chi connectivity index (χ1n) is 8.64. The number of nitrogens with zero attached hydrogens (tertiary/aromatic N) is 2. The number of carbonyl (C=O) groups is 2. The molecule has 0 saturated heterocycles. The number of hydrogen-bond donors (Lipinski definition) is 1. The van der Waals surface area contributed by atoms with Crippen molar-refractivity contribution in [2.24, 2.45) is 0 Å². The third-order valence-electron chi connectivity index (χ3n) is 3.89.